The molecule has 0 N–H and O–H groups in total. The molecule has 0 spiro atoms. The van der Waals surface area contributed by atoms with Gasteiger partial charge < -0.3 is 4.74 Å². The maximum atomic E-state index is 5.62. The molecule has 0 rings (SSSR count). The summed E-state index contributed by atoms with van der Waals surface area (Å²) < 4.78 is 5.62. The Hall–Kier alpha value is -0.0400. The zero-order chi connectivity index (χ0) is 10.6. The van der Waals surface area contributed by atoms with E-state index in [1.807, 2.05) is 0 Å². The molecule has 0 aromatic rings. The summed E-state index contributed by atoms with van der Waals surface area (Å²) in [6.07, 6.45) is 11.3. The lowest BCUT2D eigenvalue weighted by Gasteiger charge is -2.14. The van der Waals surface area contributed by atoms with Gasteiger partial charge in [-0.2, -0.15) is 0 Å². The Labute approximate surface area is 90.2 Å². The van der Waals surface area contributed by atoms with Crippen molar-refractivity contribution in [2.75, 3.05) is 6.61 Å². The number of unbranched alkanes of at least 4 members (excludes halogenated alkanes) is 5. The lowest BCUT2D eigenvalue weighted by molar-refractivity contribution is 0.0523. The summed E-state index contributed by atoms with van der Waals surface area (Å²) in [5, 5.41) is 0. The van der Waals surface area contributed by atoms with Crippen molar-refractivity contribution in [2.45, 2.75) is 78.2 Å². The molecule has 0 aromatic carbocycles. The van der Waals surface area contributed by atoms with E-state index in [9.17, 15) is 0 Å². The zero-order valence-corrected chi connectivity index (χ0v) is 10.3. The van der Waals surface area contributed by atoms with Gasteiger partial charge in [-0.1, -0.05) is 52.4 Å². The third-order valence-electron chi connectivity index (χ3n) is 2.74. The van der Waals surface area contributed by atoms with Gasteiger partial charge in [0.15, 0.2) is 0 Å². The van der Waals surface area contributed by atoms with Crippen molar-refractivity contribution in [1.29, 1.82) is 0 Å². The molecule has 0 saturated carbocycles. The van der Waals surface area contributed by atoms with E-state index >= 15 is 0 Å². The first kappa shape index (κ1) is 14.0. The first-order valence-electron chi connectivity index (χ1n) is 6.46. The Morgan fingerprint density at radius 3 is 2.07 bits per heavy atom. The van der Waals surface area contributed by atoms with Crippen LogP contribution < -0.4 is 0 Å². The third-order valence-corrected chi connectivity index (χ3v) is 2.74. The van der Waals surface area contributed by atoms with Gasteiger partial charge in [-0.25, -0.2) is 0 Å². The Morgan fingerprint density at radius 1 is 0.857 bits per heavy atom. The molecule has 0 aliphatic rings. The Balaban J connectivity index is 3.15. The van der Waals surface area contributed by atoms with Crippen LogP contribution in [-0.4, -0.2) is 12.7 Å². The SMILES string of the molecule is CCCCCCCCC(CC)OCC. The van der Waals surface area contributed by atoms with Gasteiger partial charge in [-0.3, -0.25) is 0 Å². The molecule has 0 aliphatic heterocycles. The largest absolute Gasteiger partial charge is 0.379 e. The van der Waals surface area contributed by atoms with E-state index in [1.54, 1.807) is 0 Å². The molecule has 14 heavy (non-hydrogen) atoms. The van der Waals surface area contributed by atoms with Crippen LogP contribution in [0, 0.1) is 0 Å². The fourth-order valence-corrected chi connectivity index (χ4v) is 1.79. The molecule has 0 bridgehead atoms. The molecule has 0 aromatic heterocycles. The van der Waals surface area contributed by atoms with Gasteiger partial charge in [0.1, 0.15) is 0 Å². The summed E-state index contributed by atoms with van der Waals surface area (Å²) in [5.74, 6) is 0. The van der Waals surface area contributed by atoms with Crippen LogP contribution in [-0.2, 0) is 4.74 Å². The smallest absolute Gasteiger partial charge is 0.0572 e. The van der Waals surface area contributed by atoms with E-state index in [1.165, 1.54) is 51.4 Å². The monoisotopic (exact) mass is 200 g/mol. The van der Waals surface area contributed by atoms with Crippen LogP contribution >= 0.6 is 0 Å². The second-order valence-electron chi connectivity index (χ2n) is 4.04. The molecular weight excluding hydrogens is 172 g/mol. The first-order chi connectivity index (χ1) is 6.85. The summed E-state index contributed by atoms with van der Waals surface area (Å²) in [5.41, 5.74) is 0. The van der Waals surface area contributed by atoms with Gasteiger partial charge in [0.2, 0.25) is 0 Å². The quantitative estimate of drug-likeness (QED) is 0.470. The number of hydrogen-bond acceptors (Lipinski definition) is 1. The molecule has 0 radical (unpaired) electrons. The lowest BCUT2D eigenvalue weighted by Crippen LogP contribution is -2.11. The number of rotatable bonds is 10. The highest BCUT2D eigenvalue weighted by molar-refractivity contribution is 4.55. The minimum atomic E-state index is 0.520. The summed E-state index contributed by atoms with van der Waals surface area (Å²) in [6.45, 7) is 7.44. The summed E-state index contributed by atoms with van der Waals surface area (Å²) in [6, 6.07) is 0. The lowest BCUT2D eigenvalue weighted by atomic mass is 10.1. The predicted molar refractivity (Wildman–Crippen MR) is 63.7 cm³/mol. The van der Waals surface area contributed by atoms with Crippen molar-refractivity contribution in [2.24, 2.45) is 0 Å². The molecule has 0 heterocycles. The third kappa shape index (κ3) is 8.55. The van der Waals surface area contributed by atoms with Crippen molar-refractivity contribution < 1.29 is 4.74 Å². The summed E-state index contributed by atoms with van der Waals surface area (Å²) in [4.78, 5) is 0. The van der Waals surface area contributed by atoms with Crippen molar-refractivity contribution >= 4 is 0 Å². The molecule has 1 atom stereocenters. The fraction of sp³-hybridized carbons (Fsp3) is 1.00. The van der Waals surface area contributed by atoms with E-state index in [0.29, 0.717) is 6.10 Å². The van der Waals surface area contributed by atoms with Crippen LogP contribution in [0.3, 0.4) is 0 Å². The van der Waals surface area contributed by atoms with E-state index in [4.69, 9.17) is 4.74 Å². The minimum Gasteiger partial charge on any atom is -0.379 e. The fourth-order valence-electron chi connectivity index (χ4n) is 1.79. The van der Waals surface area contributed by atoms with Gasteiger partial charge in [-0.15, -0.1) is 0 Å². The highest BCUT2D eigenvalue weighted by atomic mass is 16.5. The first-order valence-corrected chi connectivity index (χ1v) is 6.46. The zero-order valence-electron chi connectivity index (χ0n) is 10.3. The molecule has 1 heteroatoms. The van der Waals surface area contributed by atoms with E-state index in [0.717, 1.165) is 6.61 Å². The normalized spacial score (nSPS) is 13.1. The molecule has 86 valence electrons. The number of ether oxygens (including phenoxy) is 1. The van der Waals surface area contributed by atoms with Crippen molar-refractivity contribution in [3.05, 3.63) is 0 Å². The Bertz CT molecular complexity index is 101. The van der Waals surface area contributed by atoms with Crippen molar-refractivity contribution in [3.63, 3.8) is 0 Å². The highest BCUT2D eigenvalue weighted by Gasteiger charge is 2.04. The average Bonchev–Trinajstić information content (AvgIpc) is 2.21. The molecule has 0 saturated heterocycles. The van der Waals surface area contributed by atoms with E-state index in [2.05, 4.69) is 20.8 Å². The molecule has 0 fully saturated rings. The van der Waals surface area contributed by atoms with E-state index < -0.39 is 0 Å². The second kappa shape index (κ2) is 11.0. The summed E-state index contributed by atoms with van der Waals surface area (Å²) >= 11 is 0. The van der Waals surface area contributed by atoms with Crippen LogP contribution in [0.5, 0.6) is 0 Å². The highest BCUT2D eigenvalue weighted by Crippen LogP contribution is 2.12. The van der Waals surface area contributed by atoms with Gasteiger partial charge in [0.05, 0.1) is 6.10 Å². The molecule has 1 nitrogen and oxygen atoms in total. The van der Waals surface area contributed by atoms with Gasteiger partial charge in [0, 0.05) is 6.61 Å². The maximum absolute atomic E-state index is 5.62. The van der Waals surface area contributed by atoms with Crippen LogP contribution in [0.4, 0.5) is 0 Å². The number of hydrogen-bond donors (Lipinski definition) is 0. The molecule has 1 unspecified atom stereocenters. The standard InChI is InChI=1S/C13H28O/c1-4-7-8-9-10-11-12-13(5-2)14-6-3/h13H,4-12H2,1-3H3. The Morgan fingerprint density at radius 2 is 1.50 bits per heavy atom. The van der Waals surface area contributed by atoms with Crippen molar-refractivity contribution in [3.8, 4) is 0 Å². The predicted octanol–water partition coefficient (Wildman–Crippen LogP) is 4.55. The maximum Gasteiger partial charge on any atom is 0.0572 e. The average molecular weight is 200 g/mol. The topological polar surface area (TPSA) is 9.23 Å². The summed E-state index contributed by atoms with van der Waals surface area (Å²) in [7, 11) is 0. The van der Waals surface area contributed by atoms with Gasteiger partial charge in [0.25, 0.3) is 0 Å². The van der Waals surface area contributed by atoms with Crippen LogP contribution in [0.15, 0.2) is 0 Å². The van der Waals surface area contributed by atoms with E-state index in [-0.39, 0.29) is 0 Å². The van der Waals surface area contributed by atoms with Gasteiger partial charge in [-0.05, 0) is 19.8 Å². The molecule has 0 aliphatic carbocycles. The Kier molecular flexibility index (Phi) is 11.0. The molecule has 0 amide bonds. The van der Waals surface area contributed by atoms with Crippen LogP contribution in [0.25, 0.3) is 0 Å². The second-order valence-corrected chi connectivity index (χ2v) is 4.04. The van der Waals surface area contributed by atoms with Crippen LogP contribution in [0.1, 0.15) is 72.1 Å². The van der Waals surface area contributed by atoms with Gasteiger partial charge >= 0.3 is 0 Å². The van der Waals surface area contributed by atoms with Crippen molar-refractivity contribution in [1.82, 2.24) is 0 Å². The molecular formula is C13H28O. The van der Waals surface area contributed by atoms with Crippen LogP contribution in [0.2, 0.25) is 0 Å². The minimum absolute atomic E-state index is 0.520.